The molecule has 1 atom stereocenters. The highest BCUT2D eigenvalue weighted by molar-refractivity contribution is 8.01. The van der Waals surface area contributed by atoms with Gasteiger partial charge in [-0.3, -0.25) is 4.79 Å². The number of rotatable bonds is 6. The summed E-state index contributed by atoms with van der Waals surface area (Å²) < 4.78 is 27.7. The summed E-state index contributed by atoms with van der Waals surface area (Å²) in [5, 5.41) is 11.1. The number of piperidine rings is 1. The molecule has 8 nitrogen and oxygen atoms in total. The van der Waals surface area contributed by atoms with Gasteiger partial charge in [-0.05, 0) is 18.6 Å². The van der Waals surface area contributed by atoms with Crippen molar-refractivity contribution < 1.29 is 13.2 Å². The van der Waals surface area contributed by atoms with Gasteiger partial charge >= 0.3 is 0 Å². The molecule has 0 radical (unpaired) electrons. The fraction of sp³-hybridized carbons (Fsp3) is 0.750. The Morgan fingerprint density at radius 1 is 1.48 bits per heavy atom. The SMILES string of the molecule is CCSc1nnc(NC(=O)C2CCCN(S(=O)(=O)N(C)C)C2)s1. The molecule has 130 valence electrons. The summed E-state index contributed by atoms with van der Waals surface area (Å²) in [6.07, 6.45) is 1.33. The van der Waals surface area contributed by atoms with E-state index in [1.165, 1.54) is 34.0 Å². The van der Waals surface area contributed by atoms with Crippen LogP contribution in [-0.4, -0.2) is 66.1 Å². The molecule has 1 fully saturated rings. The number of aromatic nitrogens is 2. The first-order valence-corrected chi connectivity index (χ1v) is 10.5. The van der Waals surface area contributed by atoms with Crippen LogP contribution in [0.25, 0.3) is 0 Å². The second-order valence-corrected chi connectivity index (χ2v) is 9.91. The van der Waals surface area contributed by atoms with Gasteiger partial charge in [-0.25, -0.2) is 0 Å². The molecule has 11 heteroatoms. The van der Waals surface area contributed by atoms with E-state index in [2.05, 4.69) is 15.5 Å². The van der Waals surface area contributed by atoms with Gasteiger partial charge in [-0.15, -0.1) is 10.2 Å². The average Bonchev–Trinajstić information content (AvgIpc) is 2.94. The summed E-state index contributed by atoms with van der Waals surface area (Å²) in [5.41, 5.74) is 0. The molecule has 0 spiro atoms. The average molecular weight is 380 g/mol. The lowest BCUT2D eigenvalue weighted by molar-refractivity contribution is -0.120. The van der Waals surface area contributed by atoms with Gasteiger partial charge < -0.3 is 5.32 Å². The van der Waals surface area contributed by atoms with Crippen molar-refractivity contribution in [1.82, 2.24) is 18.8 Å². The summed E-state index contributed by atoms with van der Waals surface area (Å²) in [6, 6.07) is 0. The molecular formula is C12H21N5O3S3. The molecule has 1 saturated heterocycles. The molecule has 1 aromatic rings. The summed E-state index contributed by atoms with van der Waals surface area (Å²) >= 11 is 2.90. The lowest BCUT2D eigenvalue weighted by Gasteiger charge is -2.32. The maximum atomic E-state index is 12.4. The zero-order valence-corrected chi connectivity index (χ0v) is 15.8. The lowest BCUT2D eigenvalue weighted by atomic mass is 9.99. The van der Waals surface area contributed by atoms with Gasteiger partial charge in [-0.2, -0.15) is 17.0 Å². The summed E-state index contributed by atoms with van der Waals surface area (Å²) in [4.78, 5) is 12.4. The third-order valence-electron chi connectivity index (χ3n) is 3.45. The number of carbonyl (C=O) groups is 1. The number of nitrogens with one attached hydrogen (secondary N) is 1. The summed E-state index contributed by atoms with van der Waals surface area (Å²) in [5.74, 6) is 0.320. The van der Waals surface area contributed by atoms with Gasteiger partial charge in [0.1, 0.15) is 0 Å². The predicted octanol–water partition coefficient (Wildman–Crippen LogP) is 1.11. The van der Waals surface area contributed by atoms with E-state index < -0.39 is 10.2 Å². The van der Waals surface area contributed by atoms with Crippen molar-refractivity contribution in [3.05, 3.63) is 0 Å². The minimum absolute atomic E-state index is 0.196. The van der Waals surface area contributed by atoms with Crippen LogP contribution in [0, 0.1) is 5.92 Å². The van der Waals surface area contributed by atoms with Gasteiger partial charge in [0.05, 0.1) is 5.92 Å². The molecule has 1 amide bonds. The molecule has 1 aliphatic heterocycles. The second-order valence-electron chi connectivity index (χ2n) is 5.28. The predicted molar refractivity (Wildman–Crippen MR) is 91.8 cm³/mol. The normalized spacial score (nSPS) is 19.9. The number of anilines is 1. The Morgan fingerprint density at radius 2 is 2.22 bits per heavy atom. The van der Waals surface area contributed by atoms with Crippen LogP contribution in [0.15, 0.2) is 4.34 Å². The minimum Gasteiger partial charge on any atom is -0.300 e. The molecule has 2 rings (SSSR count). The first-order chi connectivity index (χ1) is 10.8. The highest BCUT2D eigenvalue weighted by Gasteiger charge is 2.33. The molecule has 2 heterocycles. The van der Waals surface area contributed by atoms with Gasteiger partial charge in [0, 0.05) is 27.2 Å². The van der Waals surface area contributed by atoms with Crippen molar-refractivity contribution in [3.8, 4) is 0 Å². The van der Waals surface area contributed by atoms with E-state index in [1.54, 1.807) is 11.8 Å². The number of amides is 1. The van der Waals surface area contributed by atoms with Crippen LogP contribution in [0.4, 0.5) is 5.13 Å². The molecule has 1 N–H and O–H groups in total. The number of hydrogen-bond donors (Lipinski definition) is 1. The zero-order chi connectivity index (χ0) is 17.0. The third kappa shape index (κ3) is 4.63. The molecule has 0 bridgehead atoms. The van der Waals surface area contributed by atoms with E-state index in [4.69, 9.17) is 0 Å². The summed E-state index contributed by atoms with van der Waals surface area (Å²) in [6.45, 7) is 2.66. The van der Waals surface area contributed by atoms with E-state index in [0.29, 0.717) is 24.5 Å². The molecule has 23 heavy (non-hydrogen) atoms. The largest absolute Gasteiger partial charge is 0.300 e. The highest BCUT2D eigenvalue weighted by Crippen LogP contribution is 2.26. The number of nitrogens with zero attached hydrogens (tertiary/aromatic N) is 4. The number of thioether (sulfide) groups is 1. The molecule has 0 aromatic carbocycles. The lowest BCUT2D eigenvalue weighted by Crippen LogP contribution is -2.47. The van der Waals surface area contributed by atoms with E-state index in [-0.39, 0.29) is 18.4 Å². The molecule has 1 aromatic heterocycles. The monoisotopic (exact) mass is 379 g/mol. The van der Waals surface area contributed by atoms with Crippen molar-refractivity contribution in [1.29, 1.82) is 0 Å². The molecule has 0 saturated carbocycles. The maximum Gasteiger partial charge on any atom is 0.281 e. The fourth-order valence-corrected chi connectivity index (χ4v) is 5.09. The fourth-order valence-electron chi connectivity index (χ4n) is 2.25. The standard InChI is InChI=1S/C12H21N5O3S3/c1-4-21-12-15-14-11(22-12)13-10(18)9-6-5-7-17(8-9)23(19,20)16(2)3/h9H,4-8H2,1-3H3,(H,13,14,18). The highest BCUT2D eigenvalue weighted by atomic mass is 32.2. The second kappa shape index (κ2) is 7.88. The van der Waals surface area contributed by atoms with Crippen LogP contribution in [0.2, 0.25) is 0 Å². The smallest absolute Gasteiger partial charge is 0.281 e. The van der Waals surface area contributed by atoms with Gasteiger partial charge in [0.15, 0.2) is 4.34 Å². The van der Waals surface area contributed by atoms with Crippen molar-refractivity contribution in [2.24, 2.45) is 5.92 Å². The van der Waals surface area contributed by atoms with E-state index in [1.807, 2.05) is 6.92 Å². The van der Waals surface area contributed by atoms with Crippen LogP contribution >= 0.6 is 23.1 Å². The van der Waals surface area contributed by atoms with Crippen molar-refractivity contribution in [2.75, 3.05) is 38.3 Å². The summed E-state index contributed by atoms with van der Waals surface area (Å²) in [7, 11) is -0.498. The Kier molecular flexibility index (Phi) is 6.37. The van der Waals surface area contributed by atoms with E-state index >= 15 is 0 Å². The van der Waals surface area contributed by atoms with Crippen molar-refractivity contribution in [2.45, 2.75) is 24.1 Å². The first kappa shape index (κ1) is 18.6. The number of hydrogen-bond acceptors (Lipinski definition) is 7. The topological polar surface area (TPSA) is 95.5 Å². The Bertz CT molecular complexity index is 646. The Morgan fingerprint density at radius 3 is 2.87 bits per heavy atom. The van der Waals surface area contributed by atoms with Crippen LogP contribution in [-0.2, 0) is 15.0 Å². The van der Waals surface area contributed by atoms with Crippen molar-refractivity contribution >= 4 is 44.3 Å². The minimum atomic E-state index is -3.48. The Labute approximate surface area is 144 Å². The Balaban J connectivity index is 1.99. The quantitative estimate of drug-likeness (QED) is 0.587. The molecule has 0 aliphatic carbocycles. The van der Waals surface area contributed by atoms with Crippen LogP contribution in [0.3, 0.4) is 0 Å². The van der Waals surface area contributed by atoms with E-state index in [9.17, 15) is 13.2 Å². The molecular weight excluding hydrogens is 358 g/mol. The van der Waals surface area contributed by atoms with Crippen LogP contribution < -0.4 is 5.32 Å². The van der Waals surface area contributed by atoms with Crippen molar-refractivity contribution in [3.63, 3.8) is 0 Å². The van der Waals surface area contributed by atoms with Crippen LogP contribution in [0.1, 0.15) is 19.8 Å². The number of carbonyl (C=O) groups excluding carboxylic acids is 1. The zero-order valence-electron chi connectivity index (χ0n) is 13.4. The molecule has 1 unspecified atom stereocenters. The molecule has 1 aliphatic rings. The van der Waals surface area contributed by atoms with E-state index in [0.717, 1.165) is 10.1 Å². The third-order valence-corrected chi connectivity index (χ3v) is 7.21. The first-order valence-electron chi connectivity index (χ1n) is 7.29. The Hall–Kier alpha value is -0.750. The van der Waals surface area contributed by atoms with Gasteiger partial charge in [0.2, 0.25) is 11.0 Å². The maximum absolute atomic E-state index is 12.4. The van der Waals surface area contributed by atoms with Gasteiger partial charge in [-0.1, -0.05) is 30.0 Å². The van der Waals surface area contributed by atoms with Gasteiger partial charge in [0.25, 0.3) is 10.2 Å². The van der Waals surface area contributed by atoms with Crippen LogP contribution in [0.5, 0.6) is 0 Å².